The molecule has 0 radical (unpaired) electrons. The van der Waals surface area contributed by atoms with Crippen molar-refractivity contribution in [3.63, 3.8) is 0 Å². The van der Waals surface area contributed by atoms with Crippen molar-refractivity contribution in [1.29, 1.82) is 5.26 Å². The zero-order chi connectivity index (χ0) is 11.4. The van der Waals surface area contributed by atoms with E-state index in [4.69, 9.17) is 5.26 Å². The SMILES string of the molecule is CSc1nc(C)nc(C)c1C(=O)NC#N. The van der Waals surface area contributed by atoms with Gasteiger partial charge in [0.1, 0.15) is 10.9 Å². The van der Waals surface area contributed by atoms with Crippen LogP contribution < -0.4 is 5.32 Å². The van der Waals surface area contributed by atoms with Crippen LogP contribution in [0.3, 0.4) is 0 Å². The lowest BCUT2D eigenvalue weighted by molar-refractivity contribution is 0.0968. The Balaban J connectivity index is 3.27. The fourth-order valence-electron chi connectivity index (χ4n) is 1.20. The lowest BCUT2D eigenvalue weighted by atomic mass is 10.2. The van der Waals surface area contributed by atoms with Gasteiger partial charge in [0.25, 0.3) is 5.91 Å². The van der Waals surface area contributed by atoms with Gasteiger partial charge in [0.2, 0.25) is 0 Å². The first-order valence-electron chi connectivity index (χ1n) is 4.18. The van der Waals surface area contributed by atoms with E-state index < -0.39 is 5.91 Å². The van der Waals surface area contributed by atoms with Crippen LogP contribution in [0.25, 0.3) is 0 Å². The lowest BCUT2D eigenvalue weighted by Crippen LogP contribution is -2.21. The normalized spacial score (nSPS) is 9.47. The molecule has 0 aliphatic heterocycles. The highest BCUT2D eigenvalue weighted by Gasteiger charge is 2.16. The monoisotopic (exact) mass is 222 g/mol. The summed E-state index contributed by atoms with van der Waals surface area (Å²) in [5.41, 5.74) is 0.953. The second-order valence-corrected chi connectivity index (χ2v) is 3.60. The van der Waals surface area contributed by atoms with Gasteiger partial charge in [0.05, 0.1) is 11.3 Å². The Morgan fingerprint density at radius 2 is 2.13 bits per heavy atom. The molecule has 0 bridgehead atoms. The molecule has 0 saturated heterocycles. The van der Waals surface area contributed by atoms with Crippen LogP contribution in [0, 0.1) is 25.3 Å². The smallest absolute Gasteiger partial charge is 0.268 e. The van der Waals surface area contributed by atoms with Gasteiger partial charge in [-0.05, 0) is 20.1 Å². The minimum absolute atomic E-state index is 0.370. The van der Waals surface area contributed by atoms with Gasteiger partial charge in [-0.25, -0.2) is 9.97 Å². The molecular formula is C9H10N4OS. The first-order valence-corrected chi connectivity index (χ1v) is 5.41. The Bertz CT molecular complexity index is 438. The van der Waals surface area contributed by atoms with Gasteiger partial charge in [0, 0.05) is 0 Å². The summed E-state index contributed by atoms with van der Waals surface area (Å²) < 4.78 is 0. The van der Waals surface area contributed by atoms with Crippen molar-refractivity contribution in [3.05, 3.63) is 17.1 Å². The molecule has 1 aromatic heterocycles. The predicted molar refractivity (Wildman–Crippen MR) is 56.4 cm³/mol. The maximum Gasteiger partial charge on any atom is 0.268 e. The molecule has 1 amide bonds. The first kappa shape index (κ1) is 11.5. The molecule has 0 aliphatic carbocycles. The third-order valence-electron chi connectivity index (χ3n) is 1.76. The summed E-state index contributed by atoms with van der Waals surface area (Å²) in [5.74, 6) is 0.157. The molecule has 78 valence electrons. The Morgan fingerprint density at radius 1 is 1.47 bits per heavy atom. The average Bonchev–Trinajstić information content (AvgIpc) is 2.16. The van der Waals surface area contributed by atoms with Crippen molar-refractivity contribution in [2.75, 3.05) is 6.26 Å². The van der Waals surface area contributed by atoms with Crippen LogP contribution in [0.5, 0.6) is 0 Å². The summed E-state index contributed by atoms with van der Waals surface area (Å²) in [6.45, 7) is 3.49. The molecule has 15 heavy (non-hydrogen) atoms. The fraction of sp³-hybridized carbons (Fsp3) is 0.333. The molecule has 0 aliphatic rings. The zero-order valence-corrected chi connectivity index (χ0v) is 9.47. The van der Waals surface area contributed by atoms with Crippen LogP contribution in [-0.2, 0) is 0 Å². The molecule has 1 heterocycles. The van der Waals surface area contributed by atoms with Crippen LogP contribution in [0.2, 0.25) is 0 Å². The van der Waals surface area contributed by atoms with Crippen molar-refractivity contribution in [1.82, 2.24) is 15.3 Å². The minimum atomic E-state index is -0.459. The summed E-state index contributed by atoms with van der Waals surface area (Å²) in [5, 5.41) is 11.0. The molecule has 1 N–H and O–H groups in total. The van der Waals surface area contributed by atoms with Gasteiger partial charge >= 0.3 is 0 Å². The summed E-state index contributed by atoms with van der Waals surface area (Å²) in [7, 11) is 0. The average molecular weight is 222 g/mol. The second-order valence-electron chi connectivity index (χ2n) is 2.81. The summed E-state index contributed by atoms with van der Waals surface area (Å²) >= 11 is 1.36. The molecule has 0 unspecified atom stereocenters. The Hall–Kier alpha value is -1.61. The van der Waals surface area contributed by atoms with Gasteiger partial charge in [-0.2, -0.15) is 5.26 Å². The topological polar surface area (TPSA) is 78.7 Å². The van der Waals surface area contributed by atoms with Crippen LogP contribution in [0.4, 0.5) is 0 Å². The van der Waals surface area contributed by atoms with E-state index in [-0.39, 0.29) is 0 Å². The number of thioether (sulfide) groups is 1. The van der Waals surface area contributed by atoms with Crippen LogP contribution >= 0.6 is 11.8 Å². The molecular weight excluding hydrogens is 212 g/mol. The van der Waals surface area contributed by atoms with Gasteiger partial charge in [-0.1, -0.05) is 0 Å². The van der Waals surface area contributed by atoms with Crippen LogP contribution in [-0.4, -0.2) is 22.1 Å². The van der Waals surface area contributed by atoms with Crippen LogP contribution in [0.1, 0.15) is 21.9 Å². The van der Waals surface area contributed by atoms with Gasteiger partial charge in [-0.15, -0.1) is 11.8 Å². The maximum absolute atomic E-state index is 11.5. The van der Waals surface area contributed by atoms with Gasteiger partial charge in [-0.3, -0.25) is 10.1 Å². The third kappa shape index (κ3) is 2.44. The highest BCUT2D eigenvalue weighted by Crippen LogP contribution is 2.19. The van der Waals surface area contributed by atoms with E-state index in [1.807, 2.05) is 6.26 Å². The Labute approximate surface area is 91.9 Å². The number of carbonyl (C=O) groups excluding carboxylic acids is 1. The number of nitrogens with zero attached hydrogens (tertiary/aromatic N) is 3. The highest BCUT2D eigenvalue weighted by molar-refractivity contribution is 7.98. The van der Waals surface area contributed by atoms with Crippen molar-refractivity contribution >= 4 is 17.7 Å². The van der Waals surface area contributed by atoms with E-state index in [0.717, 1.165) is 0 Å². The molecule has 0 spiro atoms. The number of nitriles is 1. The highest BCUT2D eigenvalue weighted by atomic mass is 32.2. The molecule has 0 fully saturated rings. The summed E-state index contributed by atoms with van der Waals surface area (Å²) in [6, 6.07) is 0. The number of rotatable bonds is 2. The Morgan fingerprint density at radius 3 is 2.67 bits per heavy atom. The van der Waals surface area contributed by atoms with E-state index >= 15 is 0 Å². The number of carbonyl (C=O) groups is 1. The summed E-state index contributed by atoms with van der Waals surface area (Å²) in [4.78, 5) is 19.8. The van der Waals surface area contributed by atoms with Gasteiger partial charge < -0.3 is 0 Å². The van der Waals surface area contributed by atoms with Crippen molar-refractivity contribution in [2.45, 2.75) is 18.9 Å². The fourth-order valence-corrected chi connectivity index (χ4v) is 1.87. The van der Waals surface area contributed by atoms with Crippen LogP contribution in [0.15, 0.2) is 5.03 Å². The van der Waals surface area contributed by atoms with E-state index in [9.17, 15) is 4.79 Å². The van der Waals surface area contributed by atoms with Crippen molar-refractivity contribution in [2.24, 2.45) is 0 Å². The third-order valence-corrected chi connectivity index (χ3v) is 2.44. The lowest BCUT2D eigenvalue weighted by Gasteiger charge is -2.07. The van der Waals surface area contributed by atoms with Crippen molar-refractivity contribution in [3.8, 4) is 6.19 Å². The predicted octanol–water partition coefficient (Wildman–Crippen LogP) is 1.03. The largest absolute Gasteiger partial charge is 0.268 e. The van der Waals surface area contributed by atoms with Gasteiger partial charge in [0.15, 0.2) is 6.19 Å². The quantitative estimate of drug-likeness (QED) is 0.350. The van der Waals surface area contributed by atoms with E-state index in [0.29, 0.717) is 22.1 Å². The minimum Gasteiger partial charge on any atom is -0.268 e. The van der Waals surface area contributed by atoms with E-state index in [1.165, 1.54) is 11.8 Å². The number of hydrogen-bond donors (Lipinski definition) is 1. The zero-order valence-electron chi connectivity index (χ0n) is 8.66. The second kappa shape index (κ2) is 4.75. The first-order chi connectivity index (χ1) is 7.10. The number of amides is 1. The standard InChI is InChI=1S/C9H10N4OS/c1-5-7(8(14)11-4-10)9(15-3)13-6(2)12-5/h1-3H3,(H,11,14). The molecule has 0 aromatic carbocycles. The molecule has 0 atom stereocenters. The number of hydrogen-bond acceptors (Lipinski definition) is 5. The van der Waals surface area contributed by atoms with E-state index in [2.05, 4.69) is 15.3 Å². The number of aromatic nitrogens is 2. The Kier molecular flexibility index (Phi) is 3.63. The molecule has 0 saturated carbocycles. The molecule has 1 aromatic rings. The molecule has 1 rings (SSSR count). The summed E-state index contributed by atoms with van der Waals surface area (Å²) in [6.07, 6.45) is 3.42. The number of aryl methyl sites for hydroxylation is 2. The van der Waals surface area contributed by atoms with E-state index in [1.54, 1.807) is 20.0 Å². The molecule has 6 heteroatoms. The molecule has 5 nitrogen and oxygen atoms in total. The van der Waals surface area contributed by atoms with Crippen molar-refractivity contribution < 1.29 is 4.79 Å². The number of nitrogens with one attached hydrogen (secondary N) is 1. The maximum atomic E-state index is 11.5.